The summed E-state index contributed by atoms with van der Waals surface area (Å²) in [4.78, 5) is 43.5. The molecule has 4 rings (SSSR count). The lowest BCUT2D eigenvalue weighted by Crippen LogP contribution is -2.47. The molecule has 0 aromatic heterocycles. The SMILES string of the molecule is COc1ccc(C(=O)N2CCN(C)CC2)cc1NC(=O)C1CC(=O)N(c2cc(F)cc(F)c2)C1. The molecule has 0 bridgehead atoms. The first-order chi connectivity index (χ1) is 16.2. The number of likely N-dealkylation sites (N-methyl/N-ethyl adjacent to an activating group) is 1. The van der Waals surface area contributed by atoms with E-state index in [4.69, 9.17) is 4.74 Å². The second-order valence-electron chi connectivity index (χ2n) is 8.53. The van der Waals surface area contributed by atoms with Crippen molar-refractivity contribution in [2.75, 3.05) is 57.1 Å². The monoisotopic (exact) mass is 472 g/mol. The number of methoxy groups -OCH3 is 1. The van der Waals surface area contributed by atoms with Crippen molar-refractivity contribution in [1.29, 1.82) is 0 Å². The van der Waals surface area contributed by atoms with Gasteiger partial charge in [-0.25, -0.2) is 8.78 Å². The predicted molar refractivity (Wildman–Crippen MR) is 122 cm³/mol. The highest BCUT2D eigenvalue weighted by Crippen LogP contribution is 2.30. The van der Waals surface area contributed by atoms with Gasteiger partial charge >= 0.3 is 0 Å². The van der Waals surface area contributed by atoms with E-state index in [0.717, 1.165) is 31.3 Å². The molecule has 2 aromatic rings. The highest BCUT2D eigenvalue weighted by atomic mass is 19.1. The Labute approximate surface area is 196 Å². The molecule has 0 saturated carbocycles. The smallest absolute Gasteiger partial charge is 0.254 e. The minimum Gasteiger partial charge on any atom is -0.495 e. The molecule has 2 aromatic carbocycles. The number of nitrogens with zero attached hydrogens (tertiary/aromatic N) is 3. The average molecular weight is 472 g/mol. The summed E-state index contributed by atoms with van der Waals surface area (Å²) < 4.78 is 32.5. The first-order valence-electron chi connectivity index (χ1n) is 11.0. The maximum Gasteiger partial charge on any atom is 0.254 e. The minimum absolute atomic E-state index is 0.0181. The van der Waals surface area contributed by atoms with Crippen molar-refractivity contribution in [3.8, 4) is 5.75 Å². The summed E-state index contributed by atoms with van der Waals surface area (Å²) in [6.45, 7) is 2.78. The highest BCUT2D eigenvalue weighted by Gasteiger charge is 2.36. The van der Waals surface area contributed by atoms with E-state index in [1.807, 2.05) is 7.05 Å². The Morgan fingerprint density at radius 1 is 1.03 bits per heavy atom. The van der Waals surface area contributed by atoms with Gasteiger partial charge in [0.25, 0.3) is 5.91 Å². The first-order valence-corrected chi connectivity index (χ1v) is 11.0. The van der Waals surface area contributed by atoms with Gasteiger partial charge in [0, 0.05) is 56.5 Å². The number of piperazine rings is 1. The Hall–Kier alpha value is -3.53. The van der Waals surface area contributed by atoms with E-state index in [-0.39, 0.29) is 24.6 Å². The molecule has 0 spiro atoms. The summed E-state index contributed by atoms with van der Waals surface area (Å²) >= 11 is 0. The number of ether oxygens (including phenoxy) is 1. The zero-order valence-electron chi connectivity index (χ0n) is 19.0. The zero-order valence-corrected chi connectivity index (χ0v) is 19.0. The zero-order chi connectivity index (χ0) is 24.4. The molecule has 1 atom stereocenters. The van der Waals surface area contributed by atoms with E-state index >= 15 is 0 Å². The molecule has 2 fully saturated rings. The van der Waals surface area contributed by atoms with Crippen LogP contribution in [0.4, 0.5) is 20.2 Å². The molecule has 8 nitrogen and oxygen atoms in total. The van der Waals surface area contributed by atoms with Crippen molar-refractivity contribution in [2.24, 2.45) is 5.92 Å². The van der Waals surface area contributed by atoms with E-state index in [2.05, 4.69) is 10.2 Å². The molecule has 2 saturated heterocycles. The number of hydrogen-bond acceptors (Lipinski definition) is 5. The Balaban J connectivity index is 1.48. The molecule has 0 radical (unpaired) electrons. The third kappa shape index (κ3) is 5.01. The fourth-order valence-electron chi connectivity index (χ4n) is 4.19. The largest absolute Gasteiger partial charge is 0.495 e. The lowest BCUT2D eigenvalue weighted by molar-refractivity contribution is -0.122. The van der Waals surface area contributed by atoms with Crippen molar-refractivity contribution < 1.29 is 27.9 Å². The molecule has 2 heterocycles. The van der Waals surface area contributed by atoms with Crippen molar-refractivity contribution in [3.63, 3.8) is 0 Å². The number of rotatable bonds is 5. The fraction of sp³-hybridized carbons (Fsp3) is 0.375. The van der Waals surface area contributed by atoms with Gasteiger partial charge in [0.1, 0.15) is 17.4 Å². The predicted octanol–water partition coefficient (Wildman–Crippen LogP) is 2.35. The summed E-state index contributed by atoms with van der Waals surface area (Å²) in [5, 5.41) is 2.75. The Kier molecular flexibility index (Phi) is 6.78. The maximum absolute atomic E-state index is 13.6. The van der Waals surface area contributed by atoms with Crippen LogP contribution in [0.1, 0.15) is 16.8 Å². The second-order valence-corrected chi connectivity index (χ2v) is 8.53. The number of carbonyl (C=O) groups is 3. The van der Waals surface area contributed by atoms with Crippen molar-refractivity contribution in [2.45, 2.75) is 6.42 Å². The maximum atomic E-state index is 13.6. The van der Waals surface area contributed by atoms with Gasteiger partial charge in [-0.3, -0.25) is 14.4 Å². The van der Waals surface area contributed by atoms with Crippen LogP contribution in [0.15, 0.2) is 36.4 Å². The molecule has 1 unspecified atom stereocenters. The quantitative estimate of drug-likeness (QED) is 0.723. The summed E-state index contributed by atoms with van der Waals surface area (Å²) in [6, 6.07) is 7.65. The van der Waals surface area contributed by atoms with Crippen LogP contribution in [-0.2, 0) is 9.59 Å². The lowest BCUT2D eigenvalue weighted by Gasteiger charge is -2.32. The van der Waals surface area contributed by atoms with E-state index in [1.165, 1.54) is 12.0 Å². The molecule has 3 amide bonds. The van der Waals surface area contributed by atoms with Crippen molar-refractivity contribution >= 4 is 29.1 Å². The van der Waals surface area contributed by atoms with Gasteiger partial charge in [0.05, 0.1) is 18.7 Å². The van der Waals surface area contributed by atoms with Gasteiger partial charge in [0.15, 0.2) is 0 Å². The molecule has 10 heteroatoms. The van der Waals surface area contributed by atoms with E-state index in [0.29, 0.717) is 30.1 Å². The van der Waals surface area contributed by atoms with Crippen LogP contribution < -0.4 is 15.0 Å². The minimum atomic E-state index is -0.803. The van der Waals surface area contributed by atoms with Gasteiger partial charge in [-0.15, -0.1) is 0 Å². The number of carbonyl (C=O) groups excluding carboxylic acids is 3. The Morgan fingerprint density at radius 3 is 2.35 bits per heavy atom. The van der Waals surface area contributed by atoms with Crippen molar-refractivity contribution in [3.05, 3.63) is 53.6 Å². The molecule has 1 N–H and O–H groups in total. The van der Waals surface area contributed by atoms with Gasteiger partial charge < -0.3 is 24.8 Å². The molecular weight excluding hydrogens is 446 g/mol. The third-order valence-corrected chi connectivity index (χ3v) is 6.15. The number of benzene rings is 2. The molecule has 0 aliphatic carbocycles. The summed E-state index contributed by atoms with van der Waals surface area (Å²) in [7, 11) is 3.45. The number of hydrogen-bond donors (Lipinski definition) is 1. The summed E-state index contributed by atoms with van der Waals surface area (Å²) in [5.74, 6) is -2.96. The standard InChI is InChI=1S/C24H26F2N4O4/c1-28-5-7-29(8-6-28)24(33)15-3-4-21(34-2)20(9-15)27-23(32)16-10-22(31)30(14-16)19-12-17(25)11-18(26)13-19/h3-4,9,11-13,16H,5-8,10,14H2,1-2H3,(H,27,32). The van der Waals surface area contributed by atoms with Crippen LogP contribution in [0.2, 0.25) is 0 Å². The van der Waals surface area contributed by atoms with Crippen molar-refractivity contribution in [1.82, 2.24) is 9.80 Å². The molecule has 34 heavy (non-hydrogen) atoms. The Morgan fingerprint density at radius 2 is 1.71 bits per heavy atom. The fourth-order valence-corrected chi connectivity index (χ4v) is 4.19. The number of nitrogens with one attached hydrogen (secondary N) is 1. The molecule has 2 aliphatic rings. The van der Waals surface area contributed by atoms with E-state index in [9.17, 15) is 23.2 Å². The Bertz CT molecular complexity index is 1100. The van der Waals surface area contributed by atoms with Gasteiger partial charge in [-0.05, 0) is 37.4 Å². The topological polar surface area (TPSA) is 82.2 Å². The molecule has 2 aliphatic heterocycles. The van der Waals surface area contributed by atoms with Crippen LogP contribution in [0.25, 0.3) is 0 Å². The second kappa shape index (κ2) is 9.76. The highest BCUT2D eigenvalue weighted by molar-refractivity contribution is 6.04. The number of halogens is 2. The third-order valence-electron chi connectivity index (χ3n) is 6.15. The van der Waals surface area contributed by atoms with Gasteiger partial charge in [-0.2, -0.15) is 0 Å². The number of anilines is 2. The summed E-state index contributed by atoms with van der Waals surface area (Å²) in [6.07, 6.45) is -0.105. The van der Waals surface area contributed by atoms with Gasteiger partial charge in [-0.1, -0.05) is 0 Å². The lowest BCUT2D eigenvalue weighted by atomic mass is 10.1. The molecular formula is C24H26F2N4O4. The van der Waals surface area contributed by atoms with E-state index in [1.54, 1.807) is 23.1 Å². The summed E-state index contributed by atoms with van der Waals surface area (Å²) in [5.41, 5.74) is 0.797. The number of amides is 3. The normalized spacial score (nSPS) is 18.8. The average Bonchev–Trinajstić information content (AvgIpc) is 3.20. The van der Waals surface area contributed by atoms with Crippen LogP contribution >= 0.6 is 0 Å². The van der Waals surface area contributed by atoms with Crippen LogP contribution in [-0.4, -0.2) is 74.4 Å². The molecule has 180 valence electrons. The van der Waals surface area contributed by atoms with Gasteiger partial charge in [0.2, 0.25) is 11.8 Å². The van der Waals surface area contributed by atoms with Crippen LogP contribution in [0, 0.1) is 17.6 Å². The first kappa shape index (κ1) is 23.6. The van der Waals surface area contributed by atoms with Crippen LogP contribution in [0.5, 0.6) is 5.75 Å². The van der Waals surface area contributed by atoms with E-state index < -0.39 is 29.4 Å². The van der Waals surface area contributed by atoms with Crippen LogP contribution in [0.3, 0.4) is 0 Å².